The average molecular weight is 474 g/mol. The second-order valence-electron chi connectivity index (χ2n) is 7.20. The van der Waals surface area contributed by atoms with E-state index in [1.807, 2.05) is 6.92 Å². The molecule has 3 rings (SSSR count). The molecule has 0 atom stereocenters. The minimum absolute atomic E-state index is 0.0247. The van der Waals surface area contributed by atoms with E-state index in [-0.39, 0.29) is 17.7 Å². The van der Waals surface area contributed by atoms with Crippen LogP contribution in [0.1, 0.15) is 35.6 Å². The molecular weight excluding hydrogens is 459 g/mol. The van der Waals surface area contributed by atoms with Crippen LogP contribution in [0.4, 0.5) is 39.5 Å². The number of halogens is 9. The summed E-state index contributed by atoms with van der Waals surface area (Å²) in [7, 11) is 0. The molecule has 3 aromatic rings. The quantitative estimate of drug-likeness (QED) is 0.256. The van der Waals surface area contributed by atoms with Crippen molar-refractivity contribution in [3.63, 3.8) is 0 Å². The van der Waals surface area contributed by atoms with Crippen molar-refractivity contribution in [1.82, 2.24) is 0 Å². The normalized spacial score (nSPS) is 12.7. The van der Waals surface area contributed by atoms with E-state index >= 15 is 0 Å². The monoisotopic (exact) mass is 474 g/mol. The SMILES string of the molecule is CCCc1ccc(-c2cc(F)c(/C(F)=C(\F)c3cc(F)c(C(F)(F)F)c(F)c3)c(F)c2)cc1. The molecule has 3 aromatic carbocycles. The van der Waals surface area contributed by atoms with E-state index in [1.165, 1.54) is 0 Å². The van der Waals surface area contributed by atoms with Crippen LogP contribution in [0, 0.1) is 23.3 Å². The molecule has 0 radical (unpaired) electrons. The van der Waals surface area contributed by atoms with Crippen LogP contribution >= 0.6 is 0 Å². The molecule has 0 aliphatic heterocycles. The Hall–Kier alpha value is -3.23. The Morgan fingerprint density at radius 3 is 1.67 bits per heavy atom. The topological polar surface area (TPSA) is 0 Å². The van der Waals surface area contributed by atoms with Gasteiger partial charge in [-0.1, -0.05) is 37.6 Å². The van der Waals surface area contributed by atoms with Gasteiger partial charge in [-0.15, -0.1) is 0 Å². The molecule has 0 aromatic heterocycles. The van der Waals surface area contributed by atoms with Gasteiger partial charge in [-0.3, -0.25) is 0 Å². The number of benzene rings is 3. The first kappa shape index (κ1) is 24.4. The van der Waals surface area contributed by atoms with Crippen molar-refractivity contribution in [2.24, 2.45) is 0 Å². The molecule has 174 valence electrons. The van der Waals surface area contributed by atoms with Crippen LogP contribution in [0.5, 0.6) is 0 Å². The summed E-state index contributed by atoms with van der Waals surface area (Å²) >= 11 is 0. The standard InChI is InChI=1S/C24H15F9/c1-2-3-12-4-6-13(7-5-12)14-8-16(25)20(17(26)9-14)23(30)22(29)15-10-18(27)21(19(28)11-15)24(31,32)33/h4-11H,2-3H2,1H3/b23-22+. The first-order valence-corrected chi connectivity index (χ1v) is 9.64. The summed E-state index contributed by atoms with van der Waals surface area (Å²) in [6.07, 6.45) is -3.74. The summed E-state index contributed by atoms with van der Waals surface area (Å²) in [5, 5.41) is 0. The van der Waals surface area contributed by atoms with Crippen LogP contribution in [-0.2, 0) is 12.6 Å². The van der Waals surface area contributed by atoms with Gasteiger partial charge in [0, 0.05) is 5.56 Å². The predicted octanol–water partition coefficient (Wildman–Crippen LogP) is 8.65. The molecule has 0 saturated heterocycles. The van der Waals surface area contributed by atoms with Gasteiger partial charge in [0.25, 0.3) is 0 Å². The van der Waals surface area contributed by atoms with Gasteiger partial charge in [0.2, 0.25) is 0 Å². The summed E-state index contributed by atoms with van der Waals surface area (Å²) in [6.45, 7) is 1.98. The molecule has 0 spiro atoms. The maximum absolute atomic E-state index is 14.6. The number of aryl methyl sites for hydroxylation is 1. The smallest absolute Gasteiger partial charge is 0.206 e. The summed E-state index contributed by atoms with van der Waals surface area (Å²) < 4.78 is 123. The lowest BCUT2D eigenvalue weighted by Gasteiger charge is -2.12. The Morgan fingerprint density at radius 1 is 0.697 bits per heavy atom. The number of hydrogen-bond acceptors (Lipinski definition) is 0. The molecule has 0 aliphatic rings. The maximum atomic E-state index is 14.6. The van der Waals surface area contributed by atoms with Gasteiger partial charge in [0.1, 0.15) is 28.8 Å². The second-order valence-corrected chi connectivity index (χ2v) is 7.20. The summed E-state index contributed by atoms with van der Waals surface area (Å²) in [6, 6.07) is 7.96. The highest BCUT2D eigenvalue weighted by Crippen LogP contribution is 2.38. The van der Waals surface area contributed by atoms with E-state index in [2.05, 4.69) is 0 Å². The van der Waals surface area contributed by atoms with E-state index in [0.29, 0.717) is 5.56 Å². The third-order valence-corrected chi connectivity index (χ3v) is 4.86. The van der Waals surface area contributed by atoms with Crippen LogP contribution in [0.3, 0.4) is 0 Å². The van der Waals surface area contributed by atoms with Crippen molar-refractivity contribution < 1.29 is 39.5 Å². The van der Waals surface area contributed by atoms with Gasteiger partial charge in [0.05, 0.1) is 5.56 Å². The Balaban J connectivity index is 2.04. The molecule has 33 heavy (non-hydrogen) atoms. The summed E-state index contributed by atoms with van der Waals surface area (Å²) in [5.41, 5.74) is -3.63. The molecule has 0 N–H and O–H groups in total. The Morgan fingerprint density at radius 2 is 1.21 bits per heavy atom. The lowest BCUT2D eigenvalue weighted by atomic mass is 9.99. The van der Waals surface area contributed by atoms with Crippen LogP contribution in [0.15, 0.2) is 48.5 Å². The average Bonchev–Trinajstić information content (AvgIpc) is 2.71. The zero-order valence-corrected chi connectivity index (χ0v) is 16.9. The lowest BCUT2D eigenvalue weighted by molar-refractivity contribution is -0.142. The molecule has 0 amide bonds. The van der Waals surface area contributed by atoms with Gasteiger partial charge >= 0.3 is 6.18 Å². The minimum atomic E-state index is -5.42. The maximum Gasteiger partial charge on any atom is 0.422 e. The second kappa shape index (κ2) is 9.33. The minimum Gasteiger partial charge on any atom is -0.206 e. The fraction of sp³-hybridized carbons (Fsp3) is 0.167. The van der Waals surface area contributed by atoms with Crippen molar-refractivity contribution in [2.75, 3.05) is 0 Å². The highest BCUT2D eigenvalue weighted by atomic mass is 19.4. The fourth-order valence-electron chi connectivity index (χ4n) is 3.31. The van der Waals surface area contributed by atoms with E-state index in [0.717, 1.165) is 30.5 Å². The molecule has 0 fully saturated rings. The third kappa shape index (κ3) is 5.07. The zero-order valence-electron chi connectivity index (χ0n) is 16.9. The fourth-order valence-corrected chi connectivity index (χ4v) is 3.31. The van der Waals surface area contributed by atoms with E-state index in [9.17, 15) is 39.5 Å². The molecule has 9 heteroatoms. The van der Waals surface area contributed by atoms with E-state index < -0.39 is 57.8 Å². The first-order chi connectivity index (χ1) is 15.4. The van der Waals surface area contributed by atoms with Gasteiger partial charge < -0.3 is 0 Å². The lowest BCUT2D eigenvalue weighted by Crippen LogP contribution is -2.11. The van der Waals surface area contributed by atoms with Crippen molar-refractivity contribution in [1.29, 1.82) is 0 Å². The van der Waals surface area contributed by atoms with Crippen LogP contribution in [0.25, 0.3) is 22.8 Å². The van der Waals surface area contributed by atoms with Crippen LogP contribution in [-0.4, -0.2) is 0 Å². The molecule has 0 unspecified atom stereocenters. The van der Waals surface area contributed by atoms with Gasteiger partial charge in [-0.25, -0.2) is 26.3 Å². The Labute approximate surface area is 183 Å². The summed E-state index contributed by atoms with van der Waals surface area (Å²) in [4.78, 5) is 0. The van der Waals surface area contributed by atoms with E-state index in [4.69, 9.17) is 0 Å². The summed E-state index contributed by atoms with van der Waals surface area (Å²) in [5.74, 6) is -11.7. The Kier molecular flexibility index (Phi) is 6.90. The third-order valence-electron chi connectivity index (χ3n) is 4.86. The predicted molar refractivity (Wildman–Crippen MR) is 106 cm³/mol. The number of hydrogen-bond donors (Lipinski definition) is 0. The highest BCUT2D eigenvalue weighted by molar-refractivity contribution is 5.84. The van der Waals surface area contributed by atoms with Crippen LogP contribution < -0.4 is 0 Å². The van der Waals surface area contributed by atoms with Crippen molar-refractivity contribution in [3.05, 3.63) is 94.1 Å². The molecule has 0 saturated carbocycles. The van der Waals surface area contributed by atoms with Gasteiger partial charge in [-0.05, 0) is 47.4 Å². The van der Waals surface area contributed by atoms with E-state index in [1.54, 1.807) is 24.3 Å². The Bertz CT molecular complexity index is 1160. The molecule has 0 nitrogen and oxygen atoms in total. The number of alkyl halides is 3. The van der Waals surface area contributed by atoms with Crippen molar-refractivity contribution in [3.8, 4) is 11.1 Å². The van der Waals surface area contributed by atoms with Crippen LogP contribution in [0.2, 0.25) is 0 Å². The van der Waals surface area contributed by atoms with Gasteiger partial charge in [0.15, 0.2) is 11.7 Å². The molecule has 0 bridgehead atoms. The molecule has 0 heterocycles. The molecule has 0 aliphatic carbocycles. The van der Waals surface area contributed by atoms with Crippen molar-refractivity contribution in [2.45, 2.75) is 25.9 Å². The highest BCUT2D eigenvalue weighted by Gasteiger charge is 2.38. The number of rotatable bonds is 5. The largest absolute Gasteiger partial charge is 0.422 e. The first-order valence-electron chi connectivity index (χ1n) is 9.64. The van der Waals surface area contributed by atoms with Gasteiger partial charge in [-0.2, -0.15) is 13.2 Å². The molecular formula is C24H15F9. The zero-order chi connectivity index (χ0) is 24.5. The van der Waals surface area contributed by atoms with Crippen molar-refractivity contribution >= 4 is 11.7 Å².